The lowest BCUT2D eigenvalue weighted by Crippen LogP contribution is -2.00. The minimum Gasteiger partial charge on any atom is -0.330 e. The maximum Gasteiger partial charge on any atom is 0.0160 e. The van der Waals surface area contributed by atoms with Crippen molar-refractivity contribution in [1.29, 1.82) is 0 Å². The maximum atomic E-state index is 5.34. The number of nitrogens with two attached hydrogens (primary N) is 1. The molecule has 0 bridgehead atoms. The van der Waals surface area contributed by atoms with Crippen molar-refractivity contribution in [3.8, 4) is 0 Å². The van der Waals surface area contributed by atoms with E-state index >= 15 is 0 Å². The molecular weight excluding hydrogens is 186 g/mol. The van der Waals surface area contributed by atoms with Crippen molar-refractivity contribution >= 4 is 21.6 Å². The Hall–Kier alpha value is 0.660. The van der Waals surface area contributed by atoms with Crippen LogP contribution in [0.5, 0.6) is 0 Å². The summed E-state index contributed by atoms with van der Waals surface area (Å²) in [6.07, 6.45) is 1.32. The quantitative estimate of drug-likeness (QED) is 0.536. The Labute approximate surface area is 87.1 Å². The number of hydrogen-bond acceptors (Lipinski definition) is 3. The van der Waals surface area contributed by atoms with E-state index in [9.17, 15) is 0 Å². The summed E-state index contributed by atoms with van der Waals surface area (Å²) in [4.78, 5) is 0. The van der Waals surface area contributed by atoms with Crippen molar-refractivity contribution in [2.45, 2.75) is 34.1 Å². The Morgan fingerprint density at radius 3 is 2.08 bits per heavy atom. The summed E-state index contributed by atoms with van der Waals surface area (Å²) in [5.74, 6) is 3.19. The van der Waals surface area contributed by atoms with E-state index in [4.69, 9.17) is 5.73 Å². The second-order valence-electron chi connectivity index (χ2n) is 2.62. The van der Waals surface area contributed by atoms with Gasteiger partial charge in [-0.2, -0.15) is 0 Å². The molecule has 0 radical (unpaired) electrons. The number of hydrogen-bond donors (Lipinski definition) is 1. The summed E-state index contributed by atoms with van der Waals surface area (Å²) in [5, 5.41) is 0. The van der Waals surface area contributed by atoms with E-state index in [0.29, 0.717) is 0 Å². The lowest BCUT2D eigenvalue weighted by Gasteiger charge is -2.02. The molecule has 0 aliphatic heterocycles. The molecule has 3 heteroatoms. The van der Waals surface area contributed by atoms with Crippen molar-refractivity contribution < 1.29 is 1.43 Å². The highest BCUT2D eigenvalue weighted by atomic mass is 33.1. The minimum absolute atomic E-state index is 0. The van der Waals surface area contributed by atoms with Crippen LogP contribution in [0.25, 0.3) is 0 Å². The van der Waals surface area contributed by atoms with Crippen LogP contribution in [-0.2, 0) is 0 Å². The summed E-state index contributed by atoms with van der Waals surface area (Å²) in [7, 11) is 3.83. The molecule has 0 fully saturated rings. The summed E-state index contributed by atoms with van der Waals surface area (Å²) in [5.41, 5.74) is 5.34. The zero-order valence-corrected chi connectivity index (χ0v) is 10.4. The van der Waals surface area contributed by atoms with Gasteiger partial charge >= 0.3 is 0 Å². The molecule has 0 saturated heterocycles. The highest BCUT2D eigenvalue weighted by Crippen LogP contribution is 2.22. The highest BCUT2D eigenvalue weighted by Gasteiger charge is 1.93. The van der Waals surface area contributed by atoms with Gasteiger partial charge in [-0.05, 0) is 12.3 Å². The Morgan fingerprint density at radius 1 is 1.17 bits per heavy atom. The molecule has 2 N–H and O–H groups in total. The van der Waals surface area contributed by atoms with Crippen molar-refractivity contribution in [1.82, 2.24) is 0 Å². The molecule has 1 nitrogen and oxygen atoms in total. The largest absolute Gasteiger partial charge is 0.330 e. The first-order valence-corrected chi connectivity index (χ1v) is 7.20. The van der Waals surface area contributed by atoms with Gasteiger partial charge in [-0.25, -0.2) is 0 Å². The molecule has 0 spiro atoms. The van der Waals surface area contributed by atoms with E-state index in [1.165, 1.54) is 12.2 Å². The van der Waals surface area contributed by atoms with Crippen LogP contribution >= 0.6 is 21.6 Å². The molecule has 0 rings (SSSR count). The van der Waals surface area contributed by atoms with Gasteiger partial charge in [-0.1, -0.05) is 49.3 Å². The molecule has 0 aromatic heterocycles. The van der Waals surface area contributed by atoms with Crippen LogP contribution in [0.1, 0.15) is 35.5 Å². The van der Waals surface area contributed by atoms with Crippen LogP contribution in [0.4, 0.5) is 0 Å². The van der Waals surface area contributed by atoms with Gasteiger partial charge in [0.25, 0.3) is 0 Å². The zero-order chi connectivity index (χ0) is 9.82. The fraction of sp³-hybridized carbons (Fsp3) is 1.00. The molecule has 0 aromatic carbocycles. The topological polar surface area (TPSA) is 26.0 Å². The monoisotopic (exact) mass is 211 g/mol. The predicted octanol–water partition coefficient (Wildman–Crippen LogP) is 3.64. The van der Waals surface area contributed by atoms with Crippen LogP contribution in [0, 0.1) is 5.92 Å². The van der Waals surface area contributed by atoms with Crippen LogP contribution < -0.4 is 5.73 Å². The third kappa shape index (κ3) is 17.0. The summed E-state index contributed by atoms with van der Waals surface area (Å²) in [6, 6.07) is 0. The van der Waals surface area contributed by atoms with Gasteiger partial charge in [0.2, 0.25) is 0 Å². The van der Waals surface area contributed by atoms with E-state index in [-0.39, 0.29) is 1.43 Å². The zero-order valence-electron chi connectivity index (χ0n) is 8.80. The van der Waals surface area contributed by atoms with Gasteiger partial charge in [0.15, 0.2) is 0 Å². The lowest BCUT2D eigenvalue weighted by molar-refractivity contribution is 0.633. The standard InChI is InChI=1S/C7H17NS2.C2H6.H2/c1-7(2)3-5-9-10-6-4-8;1-2;/h7H,3-6,8H2,1-2H3;1-2H3;1H. The molecule has 0 atom stereocenters. The summed E-state index contributed by atoms with van der Waals surface area (Å²) >= 11 is 0. The molecule has 0 aromatic rings. The molecule has 0 amide bonds. The third-order valence-electron chi connectivity index (χ3n) is 1.06. The average Bonchev–Trinajstić information content (AvgIpc) is 2.07. The molecule has 12 heavy (non-hydrogen) atoms. The molecule has 0 saturated carbocycles. The van der Waals surface area contributed by atoms with Gasteiger partial charge in [0, 0.05) is 19.5 Å². The molecule has 0 heterocycles. The second-order valence-corrected chi connectivity index (χ2v) is 5.32. The molecular formula is C9H25NS2. The summed E-state index contributed by atoms with van der Waals surface area (Å²) < 4.78 is 0. The van der Waals surface area contributed by atoms with Crippen LogP contribution in [0.3, 0.4) is 0 Å². The van der Waals surface area contributed by atoms with Crippen LogP contribution in [0.15, 0.2) is 0 Å². The van der Waals surface area contributed by atoms with Crippen molar-refractivity contribution in [3.63, 3.8) is 0 Å². The minimum atomic E-state index is 0. The SMILES string of the molecule is CC.CC(C)CCSSCCN.[HH]. The van der Waals surface area contributed by atoms with E-state index < -0.39 is 0 Å². The van der Waals surface area contributed by atoms with Gasteiger partial charge in [0.1, 0.15) is 0 Å². The third-order valence-corrected chi connectivity index (χ3v) is 3.53. The van der Waals surface area contributed by atoms with E-state index in [1.54, 1.807) is 0 Å². The van der Waals surface area contributed by atoms with Crippen LogP contribution in [0.2, 0.25) is 0 Å². The van der Waals surface area contributed by atoms with Crippen molar-refractivity contribution in [2.75, 3.05) is 18.1 Å². The normalized spacial score (nSPS) is 9.50. The van der Waals surface area contributed by atoms with E-state index in [1.807, 2.05) is 35.4 Å². The van der Waals surface area contributed by atoms with Gasteiger partial charge < -0.3 is 5.73 Å². The predicted molar refractivity (Wildman–Crippen MR) is 66.9 cm³/mol. The Morgan fingerprint density at radius 2 is 1.67 bits per heavy atom. The van der Waals surface area contributed by atoms with Crippen LogP contribution in [-0.4, -0.2) is 18.1 Å². The Bertz CT molecular complexity index is 72.6. The molecule has 78 valence electrons. The van der Waals surface area contributed by atoms with Crippen molar-refractivity contribution in [3.05, 3.63) is 0 Å². The van der Waals surface area contributed by atoms with Crippen molar-refractivity contribution in [2.24, 2.45) is 11.7 Å². The highest BCUT2D eigenvalue weighted by molar-refractivity contribution is 8.76. The fourth-order valence-electron chi connectivity index (χ4n) is 0.450. The summed E-state index contributed by atoms with van der Waals surface area (Å²) in [6.45, 7) is 9.32. The van der Waals surface area contributed by atoms with Gasteiger partial charge in [0.05, 0.1) is 0 Å². The van der Waals surface area contributed by atoms with E-state index in [0.717, 1.165) is 18.2 Å². The Balaban J connectivity index is -0.000000309. The first kappa shape index (κ1) is 15.1. The fourth-order valence-corrected chi connectivity index (χ4v) is 2.63. The first-order valence-electron chi connectivity index (χ1n) is 4.72. The molecule has 0 unspecified atom stereocenters. The van der Waals surface area contributed by atoms with Gasteiger partial charge in [-0.15, -0.1) is 0 Å². The van der Waals surface area contributed by atoms with E-state index in [2.05, 4.69) is 13.8 Å². The second kappa shape index (κ2) is 14.2. The molecule has 0 aliphatic carbocycles. The molecule has 0 aliphatic rings. The Kier molecular flexibility index (Phi) is 17.9. The number of rotatable bonds is 6. The lowest BCUT2D eigenvalue weighted by atomic mass is 10.2. The van der Waals surface area contributed by atoms with Gasteiger partial charge in [-0.3, -0.25) is 0 Å². The smallest absolute Gasteiger partial charge is 0.0160 e. The first-order chi connectivity index (χ1) is 5.77. The maximum absolute atomic E-state index is 5.34. The average molecular weight is 211 g/mol.